The van der Waals surface area contributed by atoms with Crippen molar-refractivity contribution in [3.05, 3.63) is 0 Å². The van der Waals surface area contributed by atoms with Gasteiger partial charge in [-0.05, 0) is 110 Å². The first-order valence-corrected chi connectivity index (χ1v) is 20.1. The maximum Gasteiger partial charge on any atom is 0.309 e. The van der Waals surface area contributed by atoms with E-state index in [1.807, 2.05) is 0 Å². The number of carbonyl (C=O) groups is 1. The summed E-state index contributed by atoms with van der Waals surface area (Å²) >= 11 is 0. The van der Waals surface area contributed by atoms with E-state index >= 15 is 0 Å². The summed E-state index contributed by atoms with van der Waals surface area (Å²) in [7, 11) is 0. The van der Waals surface area contributed by atoms with Crippen molar-refractivity contribution in [2.45, 2.75) is 136 Å². The zero-order chi connectivity index (χ0) is 34.0. The van der Waals surface area contributed by atoms with Crippen LogP contribution in [0.25, 0.3) is 0 Å². The summed E-state index contributed by atoms with van der Waals surface area (Å²) < 4.78 is 36.8. The fraction of sp³-hybridized carbons (Fsp3) is 0.975. The molecule has 2 spiro atoms. The Kier molecular flexibility index (Phi) is 8.22. The minimum Gasteiger partial charge on any atom is -0.463 e. The lowest BCUT2D eigenvalue weighted by Gasteiger charge is -2.64. The summed E-state index contributed by atoms with van der Waals surface area (Å²) in [4.78, 5) is 15.4. The van der Waals surface area contributed by atoms with Crippen molar-refractivity contribution in [1.29, 1.82) is 0 Å². The van der Waals surface area contributed by atoms with E-state index < -0.39 is 6.10 Å². The number of aliphatic hydroxyl groups is 1. The Balaban J connectivity index is 0.903. The molecule has 0 radical (unpaired) electrons. The van der Waals surface area contributed by atoms with E-state index in [0.717, 1.165) is 58.6 Å². The van der Waals surface area contributed by atoms with Gasteiger partial charge >= 0.3 is 5.97 Å². The third-order valence-corrected chi connectivity index (χ3v) is 17.3. The lowest BCUT2D eigenvalue weighted by molar-refractivity contribution is -0.256. The number of nitrogens with zero attached hydrogens (tertiary/aromatic N) is 1. The Morgan fingerprint density at radius 2 is 1.67 bits per heavy atom. The number of morpholine rings is 1. The number of fused-ring (bicyclic) bond motifs is 4. The highest BCUT2D eigenvalue weighted by Crippen LogP contribution is 2.89. The molecule has 0 bridgehead atoms. The predicted octanol–water partition coefficient (Wildman–Crippen LogP) is 5.21. The molecule has 4 saturated heterocycles. The number of hydrogen-bond donors (Lipinski definition) is 1. The number of carbonyl (C=O) groups excluding carboxylic acids is 1. The van der Waals surface area contributed by atoms with Crippen molar-refractivity contribution in [1.82, 2.24) is 4.90 Å². The van der Waals surface area contributed by atoms with E-state index in [0.29, 0.717) is 60.4 Å². The Bertz CT molecular complexity index is 1280. The minimum atomic E-state index is -0.504. The topological polar surface area (TPSA) is 95.9 Å². The zero-order valence-corrected chi connectivity index (χ0v) is 30.8. The van der Waals surface area contributed by atoms with Crippen LogP contribution in [0.3, 0.4) is 0 Å². The van der Waals surface area contributed by atoms with Crippen LogP contribution in [0, 0.1) is 56.7 Å². The fourth-order valence-corrected chi connectivity index (χ4v) is 14.6. The molecule has 0 aromatic heterocycles. The highest BCUT2D eigenvalue weighted by atomic mass is 16.7. The van der Waals surface area contributed by atoms with E-state index in [1.54, 1.807) is 0 Å². The molecule has 9 aliphatic rings. The lowest BCUT2D eigenvalue weighted by atomic mass is 9.41. The van der Waals surface area contributed by atoms with E-state index in [2.05, 4.69) is 39.5 Å². The Hall–Kier alpha value is -0.810. The van der Waals surface area contributed by atoms with E-state index in [9.17, 15) is 9.90 Å². The summed E-state index contributed by atoms with van der Waals surface area (Å²) in [5.74, 6) is 1.69. The number of hydrogen-bond acceptors (Lipinski definition) is 9. The summed E-state index contributed by atoms with van der Waals surface area (Å²) in [5, 5.41) is 12.5. The van der Waals surface area contributed by atoms with Gasteiger partial charge in [-0.25, -0.2) is 0 Å². The molecule has 9 heteroatoms. The molecule has 9 nitrogen and oxygen atoms in total. The Morgan fingerprint density at radius 1 is 0.918 bits per heavy atom. The summed E-state index contributed by atoms with van der Waals surface area (Å²) in [6.45, 7) is 18.1. The van der Waals surface area contributed by atoms with Gasteiger partial charge < -0.3 is 33.5 Å². The van der Waals surface area contributed by atoms with Crippen LogP contribution in [0.5, 0.6) is 0 Å². The highest BCUT2D eigenvalue weighted by Gasteiger charge is 2.84. The van der Waals surface area contributed by atoms with Gasteiger partial charge in [0, 0.05) is 25.2 Å². The van der Waals surface area contributed by atoms with Crippen molar-refractivity contribution >= 4 is 5.97 Å². The second kappa shape index (κ2) is 11.8. The average Bonchev–Trinajstić information content (AvgIpc) is 3.69. The Morgan fingerprint density at radius 3 is 2.43 bits per heavy atom. The first-order chi connectivity index (χ1) is 23.4. The van der Waals surface area contributed by atoms with Crippen molar-refractivity contribution < 1.29 is 38.3 Å². The lowest BCUT2D eigenvalue weighted by Crippen LogP contribution is -2.60. The number of rotatable bonds is 6. The van der Waals surface area contributed by atoms with Crippen molar-refractivity contribution in [3.63, 3.8) is 0 Å². The average molecular weight is 686 g/mol. The normalized spacial score (nSPS) is 52.5. The van der Waals surface area contributed by atoms with Crippen LogP contribution in [-0.4, -0.2) is 105 Å². The third-order valence-electron chi connectivity index (χ3n) is 17.3. The molecule has 5 unspecified atom stereocenters. The van der Waals surface area contributed by atoms with E-state index in [4.69, 9.17) is 28.4 Å². The molecular weight excluding hydrogens is 622 g/mol. The molecule has 0 aromatic carbocycles. The maximum atomic E-state index is 12.8. The van der Waals surface area contributed by atoms with E-state index in [1.165, 1.54) is 38.5 Å². The molecule has 4 heterocycles. The number of ether oxygens (including phenoxy) is 6. The molecule has 9 fully saturated rings. The standard InChI is InChI=1S/C40H63NO8/c1-24-18-27(22-47-35(43)25-9-15-44-16-10-25)48-33-32(24)37(4)12-13-40-23-39(40)11-8-30(49-31-19-41(14-17-46-31)26-20-45-21-26)36(2,3)28(39)6-7-29(40)38(37,5)34(33)42/h24-34,42H,6-23H2,1-5H3/t24-,27?,28+,29?,30+,31?,32+,33?,34+,37-,38-,39-,40?/m1/s1. The largest absolute Gasteiger partial charge is 0.463 e. The van der Waals surface area contributed by atoms with Gasteiger partial charge in [0.25, 0.3) is 0 Å². The monoisotopic (exact) mass is 685 g/mol. The van der Waals surface area contributed by atoms with Gasteiger partial charge in [0.1, 0.15) is 6.61 Å². The highest BCUT2D eigenvalue weighted by molar-refractivity contribution is 5.72. The van der Waals surface area contributed by atoms with Crippen LogP contribution in [0.4, 0.5) is 0 Å². The zero-order valence-electron chi connectivity index (χ0n) is 30.8. The molecule has 9 rings (SSSR count). The van der Waals surface area contributed by atoms with Gasteiger partial charge in [-0.3, -0.25) is 9.69 Å². The molecule has 13 atom stereocenters. The molecule has 5 saturated carbocycles. The SMILES string of the molecule is C[C@@H]1CC(COC(=O)C2CCOCC2)OC2[C@H]1[C@@]1(C)CCC34C[C@@]35CC[C@H](OC3CN(C6COC6)CCO3)C(C)(C)[C@@H]5CCC4[C@]1(C)[C@H]2O. The summed E-state index contributed by atoms with van der Waals surface area (Å²) in [6, 6.07) is 0.520. The second-order valence-electron chi connectivity index (χ2n) is 19.3. The second-order valence-corrected chi connectivity index (χ2v) is 19.3. The molecule has 1 N–H and O–H groups in total. The molecular formula is C40H63NO8. The molecule has 276 valence electrons. The van der Waals surface area contributed by atoms with Crippen molar-refractivity contribution in [2.24, 2.45) is 56.7 Å². The molecule has 0 aromatic rings. The van der Waals surface area contributed by atoms with Crippen LogP contribution in [-0.2, 0) is 33.2 Å². The van der Waals surface area contributed by atoms with Crippen LogP contribution < -0.4 is 0 Å². The van der Waals surface area contributed by atoms with Crippen LogP contribution in [0.1, 0.15) is 98.8 Å². The Labute approximate surface area is 293 Å². The van der Waals surface area contributed by atoms with Gasteiger partial charge in [0.05, 0.1) is 62.7 Å². The minimum absolute atomic E-state index is 0.0261. The molecule has 4 aliphatic heterocycles. The molecule has 49 heavy (non-hydrogen) atoms. The fourth-order valence-electron chi connectivity index (χ4n) is 14.6. The van der Waals surface area contributed by atoms with Crippen LogP contribution >= 0.6 is 0 Å². The first kappa shape index (κ1) is 34.0. The summed E-state index contributed by atoms with van der Waals surface area (Å²) in [6.07, 6.45) is 10.0. The van der Waals surface area contributed by atoms with Crippen molar-refractivity contribution in [2.75, 3.05) is 52.7 Å². The maximum absolute atomic E-state index is 12.8. The van der Waals surface area contributed by atoms with Crippen molar-refractivity contribution in [3.8, 4) is 0 Å². The first-order valence-electron chi connectivity index (χ1n) is 20.1. The number of aliphatic hydroxyl groups excluding tert-OH is 1. The van der Waals surface area contributed by atoms with Gasteiger partial charge in [-0.15, -0.1) is 0 Å². The molecule has 5 aliphatic carbocycles. The van der Waals surface area contributed by atoms with Crippen LogP contribution in [0.2, 0.25) is 0 Å². The van der Waals surface area contributed by atoms with E-state index in [-0.39, 0.29) is 52.7 Å². The van der Waals surface area contributed by atoms with Gasteiger partial charge in [0.15, 0.2) is 6.29 Å². The van der Waals surface area contributed by atoms with Crippen LogP contribution in [0.15, 0.2) is 0 Å². The van der Waals surface area contributed by atoms with Gasteiger partial charge in [-0.1, -0.05) is 34.6 Å². The quantitative estimate of drug-likeness (QED) is 0.378. The molecule has 0 amide bonds. The predicted molar refractivity (Wildman–Crippen MR) is 181 cm³/mol. The number of esters is 1. The summed E-state index contributed by atoms with van der Waals surface area (Å²) in [5.41, 5.74) is 0.574. The van der Waals surface area contributed by atoms with Gasteiger partial charge in [0.2, 0.25) is 0 Å². The van der Waals surface area contributed by atoms with Gasteiger partial charge in [-0.2, -0.15) is 0 Å². The smallest absolute Gasteiger partial charge is 0.309 e. The third kappa shape index (κ3) is 4.77.